The normalized spacial score (nSPS) is 24.3. The van der Waals surface area contributed by atoms with Gasteiger partial charge in [0, 0.05) is 31.2 Å². The van der Waals surface area contributed by atoms with E-state index in [2.05, 4.69) is 39.0 Å². The third-order valence-electron chi connectivity index (χ3n) is 5.37. The Kier molecular flexibility index (Phi) is 6.02. The number of aromatic nitrogens is 2. The highest BCUT2D eigenvalue weighted by Gasteiger charge is 2.27. The van der Waals surface area contributed by atoms with Crippen molar-refractivity contribution in [1.29, 1.82) is 0 Å². The van der Waals surface area contributed by atoms with Crippen LogP contribution in [0, 0.1) is 5.92 Å². The van der Waals surface area contributed by atoms with E-state index in [0.717, 1.165) is 57.4 Å². The highest BCUT2D eigenvalue weighted by atomic mass is 16.2. The van der Waals surface area contributed by atoms with Crippen LogP contribution in [0.15, 0.2) is 24.4 Å². The fourth-order valence-electron chi connectivity index (χ4n) is 3.86. The number of hydrogen-bond acceptors (Lipinski definition) is 5. The number of anilines is 1. The van der Waals surface area contributed by atoms with E-state index >= 15 is 0 Å². The highest BCUT2D eigenvalue weighted by Crippen LogP contribution is 2.23. The van der Waals surface area contributed by atoms with Gasteiger partial charge in [-0.15, -0.1) is 0 Å². The van der Waals surface area contributed by atoms with Crippen LogP contribution in [-0.2, 0) is 11.3 Å². The first-order valence-electron chi connectivity index (χ1n) is 9.35. The van der Waals surface area contributed by atoms with Crippen LogP contribution in [0.4, 0.5) is 5.82 Å². The van der Waals surface area contributed by atoms with Crippen molar-refractivity contribution in [2.45, 2.75) is 51.1 Å². The van der Waals surface area contributed by atoms with E-state index in [0.29, 0.717) is 24.3 Å². The average Bonchev–Trinajstić information content (AvgIpc) is 2.88. The van der Waals surface area contributed by atoms with Crippen LogP contribution in [-0.4, -0.2) is 51.9 Å². The van der Waals surface area contributed by atoms with Gasteiger partial charge in [-0.3, -0.25) is 9.69 Å². The smallest absolute Gasteiger partial charge is 0.226 e. The lowest BCUT2D eigenvalue weighted by molar-refractivity contribution is -0.135. The van der Waals surface area contributed by atoms with Crippen LogP contribution in [0.5, 0.6) is 0 Å². The van der Waals surface area contributed by atoms with E-state index in [1.54, 1.807) is 12.3 Å². The summed E-state index contributed by atoms with van der Waals surface area (Å²) in [5.41, 5.74) is 5.74. The monoisotopic (exact) mass is 343 g/mol. The Morgan fingerprint density at radius 1 is 1.32 bits per heavy atom. The van der Waals surface area contributed by atoms with Gasteiger partial charge in [0.25, 0.3) is 0 Å². The van der Waals surface area contributed by atoms with Gasteiger partial charge in [0.2, 0.25) is 5.91 Å². The Morgan fingerprint density at radius 3 is 2.96 bits per heavy atom. The zero-order valence-electron chi connectivity index (χ0n) is 15.1. The molecule has 2 atom stereocenters. The Balaban J connectivity index is 1.53. The number of carbonyl (C=O) groups is 1. The van der Waals surface area contributed by atoms with Crippen LogP contribution in [0.3, 0.4) is 0 Å². The predicted octanol–water partition coefficient (Wildman–Crippen LogP) is 2.23. The summed E-state index contributed by atoms with van der Waals surface area (Å²) in [7, 11) is 2.11. The van der Waals surface area contributed by atoms with E-state index in [4.69, 9.17) is 5.73 Å². The van der Waals surface area contributed by atoms with Crippen molar-refractivity contribution in [3.63, 3.8) is 0 Å². The molecule has 1 fully saturated rings. The molecule has 1 aromatic rings. The first kappa shape index (κ1) is 17.9. The number of hydrogen-bond donors (Lipinski definition) is 1. The van der Waals surface area contributed by atoms with Crippen LogP contribution < -0.4 is 5.73 Å². The number of rotatable bonds is 4. The molecule has 1 saturated heterocycles. The van der Waals surface area contributed by atoms with E-state index < -0.39 is 0 Å². The number of allylic oxidation sites excluding steroid dienone is 2. The molecule has 0 bridgehead atoms. The van der Waals surface area contributed by atoms with Crippen molar-refractivity contribution in [2.75, 3.05) is 25.9 Å². The maximum Gasteiger partial charge on any atom is 0.226 e. The Hall–Kier alpha value is -1.95. The molecule has 2 N–H and O–H groups in total. The molecule has 0 saturated carbocycles. The minimum Gasteiger partial charge on any atom is -0.384 e. The second kappa shape index (κ2) is 8.43. The number of nitrogen functional groups attached to an aromatic ring is 1. The fourth-order valence-corrected chi connectivity index (χ4v) is 3.86. The molecule has 1 aliphatic heterocycles. The average molecular weight is 343 g/mol. The summed E-state index contributed by atoms with van der Waals surface area (Å²) < 4.78 is 0. The van der Waals surface area contributed by atoms with Crippen molar-refractivity contribution in [1.82, 2.24) is 19.8 Å². The molecule has 3 rings (SSSR count). The maximum absolute atomic E-state index is 12.8. The molecule has 136 valence electrons. The van der Waals surface area contributed by atoms with Crippen molar-refractivity contribution >= 4 is 11.7 Å². The lowest BCUT2D eigenvalue weighted by Crippen LogP contribution is -2.38. The second-order valence-corrected chi connectivity index (χ2v) is 7.20. The standard InChI is InChI=1S/C19H29N5O/c1-23(14-18-21-11-9-17(20)22-18)16-8-5-12-24(13-10-16)19(25)15-6-3-2-4-7-15/h2-3,9,11,15-16H,4-8,10,12-14H2,1H3,(H2,20,21,22)/t15-,16-/m0/s1. The molecular weight excluding hydrogens is 314 g/mol. The molecule has 1 aromatic heterocycles. The van der Waals surface area contributed by atoms with Gasteiger partial charge in [-0.1, -0.05) is 12.2 Å². The number of amides is 1. The summed E-state index contributed by atoms with van der Waals surface area (Å²) in [4.78, 5) is 25.7. The van der Waals surface area contributed by atoms with Gasteiger partial charge in [-0.25, -0.2) is 9.97 Å². The van der Waals surface area contributed by atoms with Crippen LogP contribution in [0.2, 0.25) is 0 Å². The number of nitrogens with two attached hydrogens (primary N) is 1. The van der Waals surface area contributed by atoms with E-state index in [9.17, 15) is 4.79 Å². The van der Waals surface area contributed by atoms with Gasteiger partial charge in [0.15, 0.2) is 0 Å². The zero-order chi connectivity index (χ0) is 17.6. The van der Waals surface area contributed by atoms with Gasteiger partial charge in [0.1, 0.15) is 11.6 Å². The first-order valence-corrected chi connectivity index (χ1v) is 9.35. The molecule has 0 radical (unpaired) electrons. The molecule has 1 aliphatic carbocycles. The third-order valence-corrected chi connectivity index (χ3v) is 5.37. The Labute approximate surface area is 150 Å². The molecule has 2 aliphatic rings. The van der Waals surface area contributed by atoms with Gasteiger partial charge in [-0.2, -0.15) is 0 Å². The Bertz CT molecular complexity index is 618. The van der Waals surface area contributed by atoms with Crippen LogP contribution >= 0.6 is 0 Å². The molecule has 0 spiro atoms. The van der Waals surface area contributed by atoms with Crippen molar-refractivity contribution < 1.29 is 4.79 Å². The van der Waals surface area contributed by atoms with Crippen molar-refractivity contribution in [3.8, 4) is 0 Å². The van der Waals surface area contributed by atoms with Gasteiger partial charge in [0.05, 0.1) is 6.54 Å². The highest BCUT2D eigenvalue weighted by molar-refractivity contribution is 5.79. The number of carbonyl (C=O) groups excluding carboxylic acids is 1. The van der Waals surface area contributed by atoms with E-state index in [-0.39, 0.29) is 5.92 Å². The maximum atomic E-state index is 12.8. The van der Waals surface area contributed by atoms with Gasteiger partial charge in [-0.05, 0) is 51.6 Å². The predicted molar refractivity (Wildman–Crippen MR) is 98.6 cm³/mol. The topological polar surface area (TPSA) is 75.4 Å². The summed E-state index contributed by atoms with van der Waals surface area (Å²) in [6.07, 6.45) is 12.2. The molecule has 0 aromatic carbocycles. The molecule has 2 heterocycles. The number of nitrogens with zero attached hydrogens (tertiary/aromatic N) is 4. The molecule has 6 heteroatoms. The Morgan fingerprint density at radius 2 is 2.20 bits per heavy atom. The lowest BCUT2D eigenvalue weighted by atomic mass is 9.93. The SMILES string of the molecule is CN(Cc1nccc(N)n1)[C@H]1CCCN(C(=O)[C@H]2CC=CCC2)CC1. The number of likely N-dealkylation sites (tertiary alicyclic amines) is 1. The summed E-state index contributed by atoms with van der Waals surface area (Å²) >= 11 is 0. The van der Waals surface area contributed by atoms with Crippen LogP contribution in [0.25, 0.3) is 0 Å². The first-order chi connectivity index (χ1) is 12.1. The third kappa shape index (κ3) is 4.78. The fraction of sp³-hybridized carbons (Fsp3) is 0.632. The summed E-state index contributed by atoms with van der Waals surface area (Å²) in [5, 5.41) is 0. The minimum atomic E-state index is 0.194. The second-order valence-electron chi connectivity index (χ2n) is 7.20. The molecule has 0 unspecified atom stereocenters. The molecule has 6 nitrogen and oxygen atoms in total. The van der Waals surface area contributed by atoms with Crippen molar-refractivity contribution in [2.24, 2.45) is 5.92 Å². The quantitative estimate of drug-likeness (QED) is 0.849. The minimum absolute atomic E-state index is 0.194. The molecular formula is C19H29N5O. The van der Waals surface area contributed by atoms with E-state index in [1.165, 1.54) is 0 Å². The van der Waals surface area contributed by atoms with E-state index in [1.807, 2.05) is 0 Å². The zero-order valence-corrected chi connectivity index (χ0v) is 15.1. The lowest BCUT2D eigenvalue weighted by Gasteiger charge is -2.28. The summed E-state index contributed by atoms with van der Waals surface area (Å²) in [5.74, 6) is 1.82. The van der Waals surface area contributed by atoms with Crippen molar-refractivity contribution in [3.05, 3.63) is 30.2 Å². The van der Waals surface area contributed by atoms with Gasteiger partial charge < -0.3 is 10.6 Å². The largest absolute Gasteiger partial charge is 0.384 e. The summed E-state index contributed by atoms with van der Waals surface area (Å²) in [6, 6.07) is 2.16. The summed E-state index contributed by atoms with van der Waals surface area (Å²) in [6.45, 7) is 2.43. The van der Waals surface area contributed by atoms with Crippen LogP contribution in [0.1, 0.15) is 44.3 Å². The van der Waals surface area contributed by atoms with Gasteiger partial charge >= 0.3 is 0 Å². The molecule has 1 amide bonds. The molecule has 25 heavy (non-hydrogen) atoms.